The molecule has 2 amide bonds. The number of carboxylic acids is 1. The molecule has 5 nitrogen and oxygen atoms in total. The number of carbonyl (C=O) groups excluding carboxylic acids is 1. The minimum Gasteiger partial charge on any atom is -0.481 e. The summed E-state index contributed by atoms with van der Waals surface area (Å²) in [7, 11) is 1.84. The number of amides is 2. The standard InChI is InChI=1S/C14H24N2O3/c1-16(11-6-2-3-7-11)14(19)15-9-10-5-4-8-12(10)13(17)18/h10-12H,2-9H2,1H3,(H,15,19)(H,17,18). The van der Waals surface area contributed by atoms with Crippen LogP contribution in [0.25, 0.3) is 0 Å². The van der Waals surface area contributed by atoms with Gasteiger partial charge in [0.05, 0.1) is 5.92 Å². The molecule has 0 aromatic rings. The van der Waals surface area contributed by atoms with Crippen molar-refractivity contribution in [3.8, 4) is 0 Å². The number of urea groups is 1. The van der Waals surface area contributed by atoms with Crippen LogP contribution in [-0.2, 0) is 4.79 Å². The SMILES string of the molecule is CN(C(=O)NCC1CCCC1C(=O)O)C1CCCC1. The summed E-state index contributed by atoms with van der Waals surface area (Å²) in [6.45, 7) is 0.493. The van der Waals surface area contributed by atoms with Gasteiger partial charge in [0.1, 0.15) is 0 Å². The van der Waals surface area contributed by atoms with Crippen molar-refractivity contribution in [2.75, 3.05) is 13.6 Å². The second kappa shape index (κ2) is 6.26. The topological polar surface area (TPSA) is 69.6 Å². The van der Waals surface area contributed by atoms with E-state index >= 15 is 0 Å². The lowest BCUT2D eigenvalue weighted by Crippen LogP contribution is -2.44. The summed E-state index contributed by atoms with van der Waals surface area (Å²) in [6, 6.07) is 0.307. The van der Waals surface area contributed by atoms with Crippen molar-refractivity contribution in [2.45, 2.75) is 51.0 Å². The Morgan fingerprint density at radius 1 is 1.16 bits per heavy atom. The van der Waals surface area contributed by atoms with Crippen molar-refractivity contribution in [3.05, 3.63) is 0 Å². The molecule has 2 fully saturated rings. The van der Waals surface area contributed by atoms with Crippen LogP contribution in [0.15, 0.2) is 0 Å². The molecule has 0 bridgehead atoms. The number of carboxylic acid groups (broad SMARTS) is 1. The number of nitrogens with zero attached hydrogens (tertiary/aromatic N) is 1. The molecule has 2 atom stereocenters. The van der Waals surface area contributed by atoms with Crippen LogP contribution in [0.3, 0.4) is 0 Å². The Morgan fingerprint density at radius 3 is 2.47 bits per heavy atom. The molecule has 2 rings (SSSR count). The molecule has 0 aromatic carbocycles. The van der Waals surface area contributed by atoms with Gasteiger partial charge in [0.15, 0.2) is 0 Å². The predicted molar refractivity (Wildman–Crippen MR) is 71.9 cm³/mol. The van der Waals surface area contributed by atoms with Gasteiger partial charge in [0, 0.05) is 19.6 Å². The zero-order chi connectivity index (χ0) is 13.8. The van der Waals surface area contributed by atoms with Crippen molar-refractivity contribution < 1.29 is 14.7 Å². The van der Waals surface area contributed by atoms with Crippen LogP contribution in [-0.4, -0.2) is 41.6 Å². The fourth-order valence-electron chi connectivity index (χ4n) is 3.41. The minimum atomic E-state index is -0.721. The van der Waals surface area contributed by atoms with Crippen LogP contribution in [0.1, 0.15) is 44.9 Å². The molecule has 2 saturated carbocycles. The molecule has 2 aliphatic carbocycles. The molecule has 0 aliphatic heterocycles. The van der Waals surface area contributed by atoms with E-state index in [0.29, 0.717) is 12.6 Å². The summed E-state index contributed by atoms with van der Waals surface area (Å²) in [5.41, 5.74) is 0. The quantitative estimate of drug-likeness (QED) is 0.820. The van der Waals surface area contributed by atoms with Crippen LogP contribution in [0.2, 0.25) is 0 Å². The largest absolute Gasteiger partial charge is 0.481 e. The van der Waals surface area contributed by atoms with Crippen LogP contribution in [0.5, 0.6) is 0 Å². The van der Waals surface area contributed by atoms with Crippen LogP contribution in [0.4, 0.5) is 4.79 Å². The molecule has 0 saturated heterocycles. The Labute approximate surface area is 114 Å². The van der Waals surface area contributed by atoms with E-state index in [-0.39, 0.29) is 17.9 Å². The first-order valence-electron chi connectivity index (χ1n) is 7.33. The Bertz CT molecular complexity index is 340. The third-order valence-corrected chi connectivity index (χ3v) is 4.68. The molecule has 0 radical (unpaired) electrons. The Kier molecular flexibility index (Phi) is 4.66. The van der Waals surface area contributed by atoms with Gasteiger partial charge in [-0.2, -0.15) is 0 Å². The molecule has 0 spiro atoms. The van der Waals surface area contributed by atoms with Crippen molar-refractivity contribution >= 4 is 12.0 Å². The van der Waals surface area contributed by atoms with Crippen LogP contribution in [0, 0.1) is 11.8 Å². The molecule has 0 aromatic heterocycles. The average molecular weight is 268 g/mol. The molecular formula is C14H24N2O3. The Hall–Kier alpha value is -1.26. The second-order valence-corrected chi connectivity index (χ2v) is 5.87. The van der Waals surface area contributed by atoms with Gasteiger partial charge in [-0.15, -0.1) is 0 Å². The van der Waals surface area contributed by atoms with E-state index in [0.717, 1.165) is 32.1 Å². The summed E-state index contributed by atoms with van der Waals surface area (Å²) in [6.07, 6.45) is 7.18. The van der Waals surface area contributed by atoms with Crippen molar-refractivity contribution in [3.63, 3.8) is 0 Å². The number of hydrogen-bond acceptors (Lipinski definition) is 2. The summed E-state index contributed by atoms with van der Waals surface area (Å²) in [5, 5.41) is 12.0. The van der Waals surface area contributed by atoms with Crippen molar-refractivity contribution in [2.24, 2.45) is 11.8 Å². The smallest absolute Gasteiger partial charge is 0.317 e. The highest BCUT2D eigenvalue weighted by Gasteiger charge is 2.33. The van der Waals surface area contributed by atoms with Gasteiger partial charge in [-0.05, 0) is 31.6 Å². The maximum Gasteiger partial charge on any atom is 0.317 e. The number of rotatable bonds is 4. The zero-order valence-electron chi connectivity index (χ0n) is 11.6. The second-order valence-electron chi connectivity index (χ2n) is 5.87. The molecule has 19 heavy (non-hydrogen) atoms. The summed E-state index contributed by atoms with van der Waals surface area (Å²) in [4.78, 5) is 24.9. The third kappa shape index (κ3) is 3.39. The molecule has 2 unspecified atom stereocenters. The van der Waals surface area contributed by atoms with Gasteiger partial charge in [-0.1, -0.05) is 19.3 Å². The van der Waals surface area contributed by atoms with Gasteiger partial charge in [0.2, 0.25) is 0 Å². The summed E-state index contributed by atoms with van der Waals surface area (Å²) in [5.74, 6) is -0.906. The fourth-order valence-corrected chi connectivity index (χ4v) is 3.41. The van der Waals surface area contributed by atoms with Crippen molar-refractivity contribution in [1.82, 2.24) is 10.2 Å². The predicted octanol–water partition coefficient (Wildman–Crippen LogP) is 2.07. The fraction of sp³-hybridized carbons (Fsp3) is 0.857. The number of hydrogen-bond donors (Lipinski definition) is 2. The lowest BCUT2D eigenvalue weighted by Gasteiger charge is -2.26. The highest BCUT2D eigenvalue weighted by atomic mass is 16.4. The highest BCUT2D eigenvalue weighted by molar-refractivity contribution is 5.74. The Morgan fingerprint density at radius 2 is 1.84 bits per heavy atom. The summed E-state index contributed by atoms with van der Waals surface area (Å²) < 4.78 is 0. The van der Waals surface area contributed by atoms with Gasteiger partial charge in [0.25, 0.3) is 0 Å². The minimum absolute atomic E-state index is 0.0528. The molecule has 5 heteroatoms. The highest BCUT2D eigenvalue weighted by Crippen LogP contribution is 2.31. The number of carbonyl (C=O) groups is 2. The molecule has 0 heterocycles. The van der Waals surface area contributed by atoms with E-state index in [2.05, 4.69) is 5.32 Å². The van der Waals surface area contributed by atoms with Crippen LogP contribution >= 0.6 is 0 Å². The summed E-state index contributed by atoms with van der Waals surface area (Å²) >= 11 is 0. The third-order valence-electron chi connectivity index (χ3n) is 4.68. The maximum atomic E-state index is 12.0. The van der Waals surface area contributed by atoms with E-state index in [9.17, 15) is 9.59 Å². The van der Waals surface area contributed by atoms with E-state index in [1.165, 1.54) is 12.8 Å². The van der Waals surface area contributed by atoms with Gasteiger partial charge in [-0.25, -0.2) is 4.79 Å². The van der Waals surface area contributed by atoms with Gasteiger partial charge < -0.3 is 15.3 Å². The average Bonchev–Trinajstić information content (AvgIpc) is 3.05. The monoisotopic (exact) mass is 268 g/mol. The van der Waals surface area contributed by atoms with E-state index in [1.807, 2.05) is 7.05 Å². The zero-order valence-corrected chi connectivity index (χ0v) is 11.6. The molecule has 108 valence electrons. The first kappa shape index (κ1) is 14.2. The van der Waals surface area contributed by atoms with E-state index < -0.39 is 5.97 Å². The first-order valence-corrected chi connectivity index (χ1v) is 7.33. The van der Waals surface area contributed by atoms with E-state index in [1.54, 1.807) is 4.90 Å². The van der Waals surface area contributed by atoms with E-state index in [4.69, 9.17) is 5.11 Å². The maximum absolute atomic E-state index is 12.0. The number of aliphatic carboxylic acids is 1. The lowest BCUT2D eigenvalue weighted by atomic mass is 9.96. The molecule has 2 N–H and O–H groups in total. The lowest BCUT2D eigenvalue weighted by molar-refractivity contribution is -0.142. The molecule has 2 aliphatic rings. The Balaban J connectivity index is 1.78. The molecular weight excluding hydrogens is 244 g/mol. The number of nitrogens with one attached hydrogen (secondary N) is 1. The van der Waals surface area contributed by atoms with Gasteiger partial charge in [-0.3, -0.25) is 4.79 Å². The van der Waals surface area contributed by atoms with Crippen LogP contribution < -0.4 is 5.32 Å². The normalized spacial score (nSPS) is 27.4. The van der Waals surface area contributed by atoms with Gasteiger partial charge >= 0.3 is 12.0 Å². The van der Waals surface area contributed by atoms with Crippen molar-refractivity contribution in [1.29, 1.82) is 0 Å². The first-order chi connectivity index (χ1) is 9.09.